The maximum absolute atomic E-state index is 13.9. The molecule has 2 N–H and O–H groups in total. The number of benzene rings is 1. The van der Waals surface area contributed by atoms with Crippen LogP contribution in [0, 0.1) is 5.82 Å². The van der Waals surface area contributed by atoms with E-state index in [1.807, 2.05) is 0 Å². The first-order chi connectivity index (χ1) is 8.34. The maximum atomic E-state index is 13.9. The van der Waals surface area contributed by atoms with Crippen LogP contribution >= 0.6 is 11.6 Å². The van der Waals surface area contributed by atoms with Crippen LogP contribution in [-0.2, 0) is 10.0 Å². The van der Waals surface area contributed by atoms with E-state index in [9.17, 15) is 12.8 Å². The Balaban J connectivity index is 2.54. The van der Waals surface area contributed by atoms with Crippen molar-refractivity contribution in [3.05, 3.63) is 23.0 Å². The minimum atomic E-state index is -3.87. The second-order valence-electron chi connectivity index (χ2n) is 4.41. The fraction of sp³-hybridized carbons (Fsp3) is 0.455. The molecule has 1 heterocycles. The number of sulfonamides is 1. The van der Waals surface area contributed by atoms with Crippen molar-refractivity contribution >= 4 is 27.3 Å². The summed E-state index contributed by atoms with van der Waals surface area (Å²) in [5.41, 5.74) is 5.15. The second kappa shape index (κ2) is 4.68. The van der Waals surface area contributed by atoms with Crippen LogP contribution in [0.5, 0.6) is 0 Å². The molecule has 1 atom stereocenters. The van der Waals surface area contributed by atoms with Gasteiger partial charge in [0.05, 0.1) is 5.69 Å². The van der Waals surface area contributed by atoms with Crippen LogP contribution in [0.3, 0.4) is 0 Å². The predicted molar refractivity (Wildman–Crippen MR) is 68.4 cm³/mol. The molecule has 18 heavy (non-hydrogen) atoms. The monoisotopic (exact) mass is 292 g/mol. The summed E-state index contributed by atoms with van der Waals surface area (Å²) in [5, 5.41) is 0.110. The largest absolute Gasteiger partial charge is 0.396 e. The maximum Gasteiger partial charge on any atom is 0.246 e. The van der Waals surface area contributed by atoms with Gasteiger partial charge in [0.2, 0.25) is 10.0 Å². The Hall–Kier alpha value is -0.850. The molecule has 2 rings (SSSR count). The van der Waals surface area contributed by atoms with Gasteiger partial charge in [-0.3, -0.25) is 0 Å². The Morgan fingerprint density at radius 2 is 2.17 bits per heavy atom. The minimum Gasteiger partial charge on any atom is -0.396 e. The van der Waals surface area contributed by atoms with E-state index in [0.717, 1.165) is 18.9 Å². The molecule has 0 radical (unpaired) electrons. The van der Waals surface area contributed by atoms with Crippen molar-refractivity contribution in [2.24, 2.45) is 0 Å². The van der Waals surface area contributed by atoms with Gasteiger partial charge >= 0.3 is 0 Å². The highest BCUT2D eigenvalue weighted by Gasteiger charge is 2.35. The first-order valence-electron chi connectivity index (χ1n) is 5.60. The summed E-state index contributed by atoms with van der Waals surface area (Å²) in [4.78, 5) is -0.443. The highest BCUT2D eigenvalue weighted by atomic mass is 35.5. The van der Waals surface area contributed by atoms with Gasteiger partial charge in [-0.2, -0.15) is 4.31 Å². The normalized spacial score (nSPS) is 21.4. The molecule has 1 fully saturated rings. The van der Waals surface area contributed by atoms with Crippen molar-refractivity contribution in [3.63, 3.8) is 0 Å². The topological polar surface area (TPSA) is 63.4 Å². The van der Waals surface area contributed by atoms with Crippen molar-refractivity contribution in [1.29, 1.82) is 0 Å². The minimum absolute atomic E-state index is 0.110. The molecule has 7 heteroatoms. The van der Waals surface area contributed by atoms with Crippen LogP contribution in [0.2, 0.25) is 5.02 Å². The third-order valence-electron chi connectivity index (χ3n) is 3.11. The molecule has 1 saturated heterocycles. The second-order valence-corrected chi connectivity index (χ2v) is 6.71. The molecular formula is C11H14ClFN2O2S. The molecule has 0 amide bonds. The van der Waals surface area contributed by atoms with Gasteiger partial charge in [0.15, 0.2) is 5.82 Å². The van der Waals surface area contributed by atoms with Gasteiger partial charge in [0.25, 0.3) is 0 Å². The fourth-order valence-electron chi connectivity index (χ4n) is 2.16. The van der Waals surface area contributed by atoms with Crippen molar-refractivity contribution in [3.8, 4) is 0 Å². The van der Waals surface area contributed by atoms with Gasteiger partial charge in [-0.15, -0.1) is 0 Å². The molecule has 1 unspecified atom stereocenters. The van der Waals surface area contributed by atoms with E-state index in [1.165, 1.54) is 10.4 Å². The molecule has 0 bridgehead atoms. The lowest BCUT2D eigenvalue weighted by Crippen LogP contribution is -2.34. The van der Waals surface area contributed by atoms with Crippen molar-refractivity contribution in [2.45, 2.75) is 30.7 Å². The summed E-state index contributed by atoms with van der Waals surface area (Å²) in [5.74, 6) is -0.932. The van der Waals surface area contributed by atoms with Crippen LogP contribution in [-0.4, -0.2) is 25.3 Å². The molecule has 1 aromatic carbocycles. The van der Waals surface area contributed by atoms with Crippen LogP contribution < -0.4 is 5.73 Å². The van der Waals surface area contributed by atoms with Crippen molar-refractivity contribution in [2.75, 3.05) is 12.3 Å². The van der Waals surface area contributed by atoms with Gasteiger partial charge in [0, 0.05) is 17.6 Å². The molecular weight excluding hydrogens is 279 g/mol. The van der Waals surface area contributed by atoms with E-state index in [4.69, 9.17) is 17.3 Å². The highest BCUT2D eigenvalue weighted by Crippen LogP contribution is 2.31. The Morgan fingerprint density at radius 3 is 2.72 bits per heavy atom. The number of nitrogens with zero attached hydrogens (tertiary/aromatic N) is 1. The number of hydrogen-bond donors (Lipinski definition) is 1. The number of hydrogen-bond acceptors (Lipinski definition) is 3. The molecule has 100 valence electrons. The highest BCUT2D eigenvalue weighted by molar-refractivity contribution is 7.89. The molecule has 1 aromatic rings. The number of anilines is 1. The zero-order chi connectivity index (χ0) is 13.5. The Labute approximate surface area is 111 Å². The summed E-state index contributed by atoms with van der Waals surface area (Å²) >= 11 is 5.74. The van der Waals surface area contributed by atoms with E-state index in [0.29, 0.717) is 6.54 Å². The zero-order valence-corrected chi connectivity index (χ0v) is 11.4. The van der Waals surface area contributed by atoms with Gasteiger partial charge in [-0.05, 0) is 31.9 Å². The molecule has 0 saturated carbocycles. The smallest absolute Gasteiger partial charge is 0.246 e. The standard InChI is InChI=1S/C11H14ClFN2O2S/c1-7-3-2-4-15(7)18(16,17)10-6-8(12)5-9(14)11(10)13/h5-7H,2-4,14H2,1H3. The number of nitrogen functional groups attached to an aromatic ring is 1. The predicted octanol–water partition coefficient (Wildman–Crippen LogP) is 2.23. The quantitative estimate of drug-likeness (QED) is 0.850. The lowest BCUT2D eigenvalue weighted by Gasteiger charge is -2.21. The molecule has 1 aliphatic rings. The summed E-state index contributed by atoms with van der Waals surface area (Å²) in [6, 6.07) is 2.17. The van der Waals surface area contributed by atoms with Gasteiger partial charge < -0.3 is 5.73 Å². The van der Waals surface area contributed by atoms with Crippen LogP contribution in [0.25, 0.3) is 0 Å². The number of nitrogens with two attached hydrogens (primary N) is 1. The van der Waals surface area contributed by atoms with Crippen LogP contribution in [0.15, 0.2) is 17.0 Å². The molecule has 0 aliphatic carbocycles. The third-order valence-corrected chi connectivity index (χ3v) is 5.34. The van der Waals surface area contributed by atoms with E-state index < -0.39 is 20.7 Å². The average molecular weight is 293 g/mol. The lowest BCUT2D eigenvalue weighted by molar-refractivity contribution is 0.405. The van der Waals surface area contributed by atoms with Gasteiger partial charge in [0.1, 0.15) is 4.90 Å². The summed E-state index contributed by atoms with van der Waals surface area (Å²) < 4.78 is 39.8. The van der Waals surface area contributed by atoms with Crippen molar-refractivity contribution < 1.29 is 12.8 Å². The van der Waals surface area contributed by atoms with E-state index in [1.54, 1.807) is 6.92 Å². The van der Waals surface area contributed by atoms with Crippen LogP contribution in [0.4, 0.5) is 10.1 Å². The van der Waals surface area contributed by atoms with E-state index in [2.05, 4.69) is 0 Å². The van der Waals surface area contributed by atoms with E-state index in [-0.39, 0.29) is 16.8 Å². The summed E-state index contributed by atoms with van der Waals surface area (Å²) in [6.07, 6.45) is 1.55. The van der Waals surface area contributed by atoms with Crippen molar-refractivity contribution in [1.82, 2.24) is 4.31 Å². The van der Waals surface area contributed by atoms with Gasteiger partial charge in [-0.25, -0.2) is 12.8 Å². The number of halogens is 2. The molecule has 0 aromatic heterocycles. The fourth-order valence-corrected chi connectivity index (χ4v) is 4.28. The Kier molecular flexibility index (Phi) is 3.53. The van der Waals surface area contributed by atoms with E-state index >= 15 is 0 Å². The molecule has 4 nitrogen and oxygen atoms in total. The SMILES string of the molecule is CC1CCCN1S(=O)(=O)c1cc(Cl)cc(N)c1F. The Morgan fingerprint density at radius 1 is 1.50 bits per heavy atom. The average Bonchev–Trinajstić information content (AvgIpc) is 2.70. The Bertz CT molecular complexity index is 577. The molecule has 1 aliphatic heterocycles. The first kappa shape index (κ1) is 13.6. The third kappa shape index (κ3) is 2.20. The summed E-state index contributed by atoms with van der Waals surface area (Å²) in [6.45, 7) is 2.20. The summed E-state index contributed by atoms with van der Waals surface area (Å²) in [7, 11) is -3.87. The lowest BCUT2D eigenvalue weighted by atomic mass is 10.3. The zero-order valence-electron chi connectivity index (χ0n) is 9.86. The number of rotatable bonds is 2. The van der Waals surface area contributed by atoms with Gasteiger partial charge in [-0.1, -0.05) is 11.6 Å². The molecule has 0 spiro atoms. The van der Waals surface area contributed by atoms with Crippen LogP contribution in [0.1, 0.15) is 19.8 Å². The first-order valence-corrected chi connectivity index (χ1v) is 7.42.